The molecule has 2 aromatic rings. The van der Waals surface area contributed by atoms with Crippen LogP contribution in [0.25, 0.3) is 11.0 Å². The average Bonchev–Trinajstić information content (AvgIpc) is 2.65. The Labute approximate surface area is 167 Å². The first-order chi connectivity index (χ1) is 13.5. The molecule has 5 heteroatoms. The summed E-state index contributed by atoms with van der Waals surface area (Å²) < 4.78 is 5.47. The highest BCUT2D eigenvalue weighted by Crippen LogP contribution is 2.25. The second-order valence-corrected chi connectivity index (χ2v) is 8.87. The molecule has 2 aliphatic rings. The number of nitrogens with zero attached hydrogens (tertiary/aromatic N) is 3. The van der Waals surface area contributed by atoms with Crippen LogP contribution in [0.1, 0.15) is 29.5 Å². The second kappa shape index (κ2) is 8.36. The zero-order chi connectivity index (χ0) is 19.7. The van der Waals surface area contributed by atoms with Crippen molar-refractivity contribution in [2.24, 2.45) is 5.92 Å². The van der Waals surface area contributed by atoms with Gasteiger partial charge >= 0.3 is 5.63 Å². The molecule has 2 fully saturated rings. The van der Waals surface area contributed by atoms with E-state index in [1.165, 1.54) is 51.1 Å². The van der Waals surface area contributed by atoms with E-state index in [0.29, 0.717) is 0 Å². The van der Waals surface area contributed by atoms with Crippen molar-refractivity contribution in [1.29, 1.82) is 0 Å². The Morgan fingerprint density at radius 3 is 2.54 bits per heavy atom. The van der Waals surface area contributed by atoms with Crippen molar-refractivity contribution in [1.82, 2.24) is 14.7 Å². The van der Waals surface area contributed by atoms with Crippen molar-refractivity contribution in [3.8, 4) is 0 Å². The number of hydrogen-bond acceptors (Lipinski definition) is 5. The molecular weight excluding hydrogens is 350 g/mol. The number of aryl methyl sites for hydroxylation is 2. The van der Waals surface area contributed by atoms with E-state index < -0.39 is 0 Å². The van der Waals surface area contributed by atoms with Crippen molar-refractivity contribution in [2.45, 2.75) is 33.2 Å². The predicted molar refractivity (Wildman–Crippen MR) is 114 cm³/mol. The van der Waals surface area contributed by atoms with E-state index in [4.69, 9.17) is 4.42 Å². The quantitative estimate of drug-likeness (QED) is 0.760. The number of piperazine rings is 1. The number of piperidine rings is 1. The van der Waals surface area contributed by atoms with Crippen LogP contribution >= 0.6 is 0 Å². The molecule has 0 spiro atoms. The lowest BCUT2D eigenvalue weighted by atomic mass is 9.96. The van der Waals surface area contributed by atoms with Gasteiger partial charge in [0.05, 0.1) is 0 Å². The number of likely N-dealkylation sites (N-methyl/N-ethyl adjacent to an activating group) is 1. The lowest BCUT2D eigenvalue weighted by molar-refractivity contribution is 0.0967. The first-order valence-electron chi connectivity index (χ1n) is 10.6. The SMILES string of the molecule is Cc1cc2oc(=O)cc(CN3CCCC(CN4CCN(C)CC4)C3)c2cc1C. The number of fused-ring (bicyclic) bond motifs is 1. The predicted octanol–water partition coefficient (Wildman–Crippen LogP) is 2.87. The minimum Gasteiger partial charge on any atom is -0.423 e. The summed E-state index contributed by atoms with van der Waals surface area (Å²) in [5, 5.41) is 1.09. The molecular formula is C23H33N3O2. The lowest BCUT2D eigenvalue weighted by Gasteiger charge is -2.38. The summed E-state index contributed by atoms with van der Waals surface area (Å²) >= 11 is 0. The van der Waals surface area contributed by atoms with Crippen LogP contribution in [0.5, 0.6) is 0 Å². The van der Waals surface area contributed by atoms with Crippen molar-refractivity contribution in [3.05, 3.63) is 45.3 Å². The fourth-order valence-corrected chi connectivity index (χ4v) is 4.69. The zero-order valence-electron chi connectivity index (χ0n) is 17.5. The summed E-state index contributed by atoms with van der Waals surface area (Å²) in [6, 6.07) is 5.87. The van der Waals surface area contributed by atoms with Gasteiger partial charge < -0.3 is 14.2 Å². The van der Waals surface area contributed by atoms with E-state index in [1.54, 1.807) is 6.07 Å². The molecule has 2 aliphatic heterocycles. The second-order valence-electron chi connectivity index (χ2n) is 8.87. The molecule has 0 saturated carbocycles. The minimum atomic E-state index is -0.239. The van der Waals surface area contributed by atoms with E-state index in [-0.39, 0.29) is 5.63 Å². The Kier molecular flexibility index (Phi) is 5.85. The van der Waals surface area contributed by atoms with Gasteiger partial charge in [-0.3, -0.25) is 4.90 Å². The molecule has 1 aromatic carbocycles. The first-order valence-corrected chi connectivity index (χ1v) is 10.6. The number of likely N-dealkylation sites (tertiary alicyclic amines) is 1. The van der Waals surface area contributed by atoms with Gasteiger partial charge in [0.25, 0.3) is 0 Å². The van der Waals surface area contributed by atoms with Crippen molar-refractivity contribution < 1.29 is 4.42 Å². The van der Waals surface area contributed by atoms with Crippen molar-refractivity contribution >= 4 is 11.0 Å². The van der Waals surface area contributed by atoms with Gasteiger partial charge in [0.2, 0.25) is 0 Å². The molecule has 0 N–H and O–H groups in total. The summed E-state index contributed by atoms with van der Waals surface area (Å²) in [7, 11) is 2.21. The molecule has 1 aromatic heterocycles. The van der Waals surface area contributed by atoms with Crippen LogP contribution < -0.4 is 5.63 Å². The smallest absolute Gasteiger partial charge is 0.336 e. The number of rotatable bonds is 4. The zero-order valence-corrected chi connectivity index (χ0v) is 17.5. The van der Waals surface area contributed by atoms with Crippen molar-refractivity contribution in [2.75, 3.05) is 52.9 Å². The number of hydrogen-bond donors (Lipinski definition) is 0. The largest absolute Gasteiger partial charge is 0.423 e. The van der Waals surface area contributed by atoms with Gasteiger partial charge in [-0.05, 0) is 75.0 Å². The van der Waals surface area contributed by atoms with E-state index in [0.717, 1.165) is 47.6 Å². The molecule has 28 heavy (non-hydrogen) atoms. The highest BCUT2D eigenvalue weighted by Gasteiger charge is 2.24. The average molecular weight is 384 g/mol. The fourth-order valence-electron chi connectivity index (χ4n) is 4.69. The van der Waals surface area contributed by atoms with Crippen LogP contribution in [0, 0.1) is 19.8 Å². The van der Waals surface area contributed by atoms with E-state index in [2.05, 4.69) is 41.7 Å². The van der Waals surface area contributed by atoms with Crippen molar-refractivity contribution in [3.63, 3.8) is 0 Å². The standard InChI is InChI=1S/C23H33N3O2/c1-17-11-21-20(13-23(27)28-22(21)12-18(17)2)16-26-6-4-5-19(15-26)14-25-9-7-24(3)8-10-25/h11-13,19H,4-10,14-16H2,1-3H3. The van der Waals surface area contributed by atoms with Crippen LogP contribution in [0.15, 0.2) is 27.4 Å². The molecule has 0 amide bonds. The van der Waals surface area contributed by atoms with Gasteiger partial charge in [0.15, 0.2) is 0 Å². The summed E-state index contributed by atoms with van der Waals surface area (Å²) in [5.74, 6) is 0.729. The highest BCUT2D eigenvalue weighted by atomic mass is 16.4. The van der Waals surface area contributed by atoms with Crippen LogP contribution in [-0.4, -0.2) is 67.6 Å². The molecule has 0 radical (unpaired) electrons. The lowest BCUT2D eigenvalue weighted by Crippen LogP contribution is -2.48. The van der Waals surface area contributed by atoms with Gasteiger partial charge in [0, 0.05) is 57.3 Å². The Hall–Kier alpha value is -1.69. The molecule has 0 bridgehead atoms. The third kappa shape index (κ3) is 4.48. The van der Waals surface area contributed by atoms with Gasteiger partial charge in [0.1, 0.15) is 5.58 Å². The maximum absolute atomic E-state index is 12.1. The third-order valence-corrected chi connectivity index (χ3v) is 6.55. The molecule has 152 valence electrons. The molecule has 5 nitrogen and oxygen atoms in total. The monoisotopic (exact) mass is 383 g/mol. The van der Waals surface area contributed by atoms with E-state index in [1.807, 2.05) is 6.07 Å². The summed E-state index contributed by atoms with van der Waals surface area (Å²) in [6.45, 7) is 13.2. The molecule has 3 heterocycles. The Balaban J connectivity index is 1.46. The van der Waals surface area contributed by atoms with Gasteiger partial charge in [-0.2, -0.15) is 0 Å². The van der Waals surface area contributed by atoms with Gasteiger partial charge in [-0.1, -0.05) is 0 Å². The summed E-state index contributed by atoms with van der Waals surface area (Å²) in [4.78, 5) is 19.7. The van der Waals surface area contributed by atoms with Gasteiger partial charge in [-0.25, -0.2) is 4.79 Å². The maximum Gasteiger partial charge on any atom is 0.336 e. The van der Waals surface area contributed by atoms with E-state index >= 15 is 0 Å². The molecule has 4 rings (SSSR count). The first kappa shape index (κ1) is 19.6. The molecule has 2 saturated heterocycles. The van der Waals surface area contributed by atoms with Gasteiger partial charge in [-0.15, -0.1) is 0 Å². The fraction of sp³-hybridized carbons (Fsp3) is 0.609. The Morgan fingerprint density at radius 1 is 1.00 bits per heavy atom. The van der Waals surface area contributed by atoms with Crippen LogP contribution in [0.3, 0.4) is 0 Å². The van der Waals surface area contributed by atoms with Crippen LogP contribution in [0.4, 0.5) is 0 Å². The third-order valence-electron chi connectivity index (χ3n) is 6.55. The normalized spacial score (nSPS) is 22.8. The minimum absolute atomic E-state index is 0.239. The summed E-state index contributed by atoms with van der Waals surface area (Å²) in [6.07, 6.45) is 2.56. The molecule has 0 aliphatic carbocycles. The number of benzene rings is 1. The maximum atomic E-state index is 12.1. The molecule has 1 unspecified atom stereocenters. The van der Waals surface area contributed by atoms with E-state index in [9.17, 15) is 4.79 Å². The Bertz CT molecular complexity index is 883. The van der Waals surface area contributed by atoms with Crippen LogP contribution in [-0.2, 0) is 6.54 Å². The highest BCUT2D eigenvalue weighted by molar-refractivity contribution is 5.81. The topological polar surface area (TPSA) is 39.9 Å². The van der Waals surface area contributed by atoms with Crippen LogP contribution in [0.2, 0.25) is 0 Å². The Morgan fingerprint density at radius 2 is 1.75 bits per heavy atom. The summed E-state index contributed by atoms with van der Waals surface area (Å²) in [5.41, 5.74) is 4.00. The molecule has 1 atom stereocenters.